The number of thioether (sulfide) groups is 1. The van der Waals surface area contributed by atoms with Crippen LogP contribution in [-0.2, 0) is 9.59 Å². The van der Waals surface area contributed by atoms with Gasteiger partial charge in [-0.05, 0) is 27.1 Å². The SMILES string of the molecule is CN(C)CCCNC(=O)CC(SCCC(F)(F)C(F)(F)F)C(=O)O. The lowest BCUT2D eigenvalue weighted by Gasteiger charge is -2.20. The number of carboxylic acids is 1. The highest BCUT2D eigenvalue weighted by Gasteiger charge is 2.56. The van der Waals surface area contributed by atoms with Gasteiger partial charge in [-0.15, -0.1) is 11.8 Å². The number of amides is 1. The number of hydrogen-bond acceptors (Lipinski definition) is 4. The quantitative estimate of drug-likeness (QED) is 0.425. The standard InChI is InChI=1S/C13H21F5N2O3S/c1-20(2)6-3-5-19-10(21)8-9(11(22)23)24-7-4-12(14,15)13(16,17)18/h9H,3-8H2,1-2H3,(H,19,21)(H,22,23). The Kier molecular flexibility index (Phi) is 9.56. The maximum atomic E-state index is 12.7. The van der Waals surface area contributed by atoms with E-state index < -0.39 is 47.8 Å². The number of rotatable bonds is 11. The van der Waals surface area contributed by atoms with Gasteiger partial charge in [0.15, 0.2) is 0 Å². The van der Waals surface area contributed by atoms with Crippen LogP contribution in [0.4, 0.5) is 22.0 Å². The molecule has 2 N–H and O–H groups in total. The number of aliphatic carboxylic acids is 1. The number of carboxylic acid groups (broad SMARTS) is 1. The summed E-state index contributed by atoms with van der Waals surface area (Å²) in [6, 6.07) is 0. The maximum Gasteiger partial charge on any atom is 0.453 e. The molecule has 24 heavy (non-hydrogen) atoms. The van der Waals surface area contributed by atoms with Crippen LogP contribution in [0.15, 0.2) is 0 Å². The van der Waals surface area contributed by atoms with Crippen molar-refractivity contribution in [1.29, 1.82) is 0 Å². The molecule has 0 aromatic carbocycles. The summed E-state index contributed by atoms with van der Waals surface area (Å²) in [4.78, 5) is 24.5. The van der Waals surface area contributed by atoms with Crippen LogP contribution in [0, 0.1) is 0 Å². The van der Waals surface area contributed by atoms with Crippen molar-refractivity contribution in [3.8, 4) is 0 Å². The number of hydrogen-bond donors (Lipinski definition) is 2. The van der Waals surface area contributed by atoms with Gasteiger partial charge < -0.3 is 15.3 Å². The van der Waals surface area contributed by atoms with Gasteiger partial charge in [-0.3, -0.25) is 9.59 Å². The lowest BCUT2D eigenvalue weighted by atomic mass is 10.2. The molecule has 142 valence electrons. The van der Waals surface area contributed by atoms with Crippen molar-refractivity contribution in [2.45, 2.75) is 36.6 Å². The first kappa shape index (κ1) is 22.9. The molecule has 0 saturated heterocycles. The van der Waals surface area contributed by atoms with Gasteiger partial charge in [0.2, 0.25) is 5.91 Å². The van der Waals surface area contributed by atoms with E-state index in [1.54, 1.807) is 0 Å². The van der Waals surface area contributed by atoms with Crippen molar-refractivity contribution < 1.29 is 36.6 Å². The molecule has 1 atom stereocenters. The Labute approximate surface area is 140 Å². The monoisotopic (exact) mass is 380 g/mol. The minimum absolute atomic E-state index is 0.320. The molecule has 0 rings (SSSR count). The molecule has 0 spiro atoms. The molecular formula is C13H21F5N2O3S. The van der Waals surface area contributed by atoms with Crippen molar-refractivity contribution >= 4 is 23.6 Å². The third-order valence-electron chi connectivity index (χ3n) is 2.90. The minimum atomic E-state index is -5.67. The number of carbonyl (C=O) groups excluding carboxylic acids is 1. The highest BCUT2D eigenvalue weighted by atomic mass is 32.2. The molecule has 0 saturated carbocycles. The molecular weight excluding hydrogens is 359 g/mol. The van der Waals surface area contributed by atoms with Crippen LogP contribution in [0.5, 0.6) is 0 Å². The zero-order valence-electron chi connectivity index (χ0n) is 13.3. The predicted octanol–water partition coefficient (Wildman–Crippen LogP) is 2.22. The molecule has 5 nitrogen and oxygen atoms in total. The van der Waals surface area contributed by atoms with Crippen molar-refractivity contribution in [1.82, 2.24) is 10.2 Å². The molecule has 1 unspecified atom stereocenters. The molecule has 0 aliphatic heterocycles. The molecule has 0 aliphatic carbocycles. The zero-order chi connectivity index (χ0) is 19.0. The number of nitrogens with zero attached hydrogens (tertiary/aromatic N) is 1. The van der Waals surface area contributed by atoms with Crippen LogP contribution in [0.1, 0.15) is 19.3 Å². The topological polar surface area (TPSA) is 69.6 Å². The average molecular weight is 380 g/mol. The summed E-state index contributed by atoms with van der Waals surface area (Å²) in [6.07, 6.45) is -7.05. The molecule has 1 amide bonds. The van der Waals surface area contributed by atoms with E-state index in [0.29, 0.717) is 31.3 Å². The van der Waals surface area contributed by atoms with E-state index >= 15 is 0 Å². The van der Waals surface area contributed by atoms with Gasteiger partial charge in [0, 0.05) is 25.1 Å². The van der Waals surface area contributed by atoms with Crippen LogP contribution < -0.4 is 5.32 Å². The smallest absolute Gasteiger partial charge is 0.453 e. The van der Waals surface area contributed by atoms with Crippen LogP contribution >= 0.6 is 11.8 Å². The van der Waals surface area contributed by atoms with Gasteiger partial charge in [-0.2, -0.15) is 22.0 Å². The first-order valence-electron chi connectivity index (χ1n) is 7.07. The predicted molar refractivity (Wildman–Crippen MR) is 80.3 cm³/mol. The Bertz CT molecular complexity index is 419. The van der Waals surface area contributed by atoms with E-state index in [0.717, 1.165) is 0 Å². The second-order valence-corrected chi connectivity index (χ2v) is 6.67. The number of halogens is 5. The Morgan fingerprint density at radius 2 is 1.79 bits per heavy atom. The minimum Gasteiger partial charge on any atom is -0.480 e. The van der Waals surface area contributed by atoms with Gasteiger partial charge in [-0.25, -0.2) is 0 Å². The van der Waals surface area contributed by atoms with Crippen LogP contribution in [-0.4, -0.2) is 72.2 Å². The van der Waals surface area contributed by atoms with Crippen LogP contribution in [0.3, 0.4) is 0 Å². The second-order valence-electron chi connectivity index (χ2n) is 5.36. The summed E-state index contributed by atoms with van der Waals surface area (Å²) >= 11 is 0.396. The molecule has 11 heteroatoms. The van der Waals surface area contributed by atoms with Gasteiger partial charge in [0.25, 0.3) is 0 Å². The van der Waals surface area contributed by atoms with E-state index in [-0.39, 0.29) is 0 Å². The highest BCUT2D eigenvalue weighted by molar-refractivity contribution is 8.00. The fourth-order valence-corrected chi connectivity index (χ4v) is 2.62. The van der Waals surface area contributed by atoms with Gasteiger partial charge in [-0.1, -0.05) is 0 Å². The summed E-state index contributed by atoms with van der Waals surface area (Å²) in [6.45, 7) is 1.03. The van der Waals surface area contributed by atoms with E-state index in [4.69, 9.17) is 5.11 Å². The molecule has 0 aliphatic rings. The van der Waals surface area contributed by atoms with Crippen molar-refractivity contribution in [2.75, 3.05) is 32.9 Å². The Balaban J connectivity index is 4.27. The first-order valence-corrected chi connectivity index (χ1v) is 8.12. The molecule has 0 radical (unpaired) electrons. The van der Waals surface area contributed by atoms with E-state index in [9.17, 15) is 31.5 Å². The third-order valence-corrected chi connectivity index (χ3v) is 4.11. The van der Waals surface area contributed by atoms with Gasteiger partial charge in [0.05, 0.1) is 0 Å². The summed E-state index contributed by atoms with van der Waals surface area (Å²) in [5, 5.41) is 10.1. The summed E-state index contributed by atoms with van der Waals surface area (Å²) in [5.74, 6) is -7.62. The highest BCUT2D eigenvalue weighted by Crippen LogP contribution is 2.39. The molecule has 0 bridgehead atoms. The Morgan fingerprint density at radius 3 is 2.25 bits per heavy atom. The van der Waals surface area contributed by atoms with E-state index in [1.165, 1.54) is 0 Å². The van der Waals surface area contributed by atoms with Gasteiger partial charge in [0.1, 0.15) is 5.25 Å². The normalized spacial score (nSPS) is 13.8. The van der Waals surface area contributed by atoms with Crippen molar-refractivity contribution in [3.63, 3.8) is 0 Å². The summed E-state index contributed by atoms with van der Waals surface area (Å²) in [7, 11) is 3.69. The average Bonchev–Trinajstić information content (AvgIpc) is 2.40. The molecule has 0 aromatic rings. The summed E-state index contributed by atoms with van der Waals surface area (Å²) in [5.41, 5.74) is 0. The van der Waals surface area contributed by atoms with Crippen LogP contribution in [0.25, 0.3) is 0 Å². The first-order chi connectivity index (χ1) is 10.9. The zero-order valence-corrected chi connectivity index (χ0v) is 14.1. The third kappa shape index (κ3) is 9.26. The van der Waals surface area contributed by atoms with Gasteiger partial charge >= 0.3 is 18.1 Å². The summed E-state index contributed by atoms with van der Waals surface area (Å²) < 4.78 is 61.5. The Morgan fingerprint density at radius 1 is 1.21 bits per heavy atom. The molecule has 0 heterocycles. The van der Waals surface area contributed by atoms with E-state index in [2.05, 4.69) is 5.32 Å². The molecule has 0 fully saturated rings. The van der Waals surface area contributed by atoms with Crippen molar-refractivity contribution in [3.05, 3.63) is 0 Å². The van der Waals surface area contributed by atoms with E-state index in [1.807, 2.05) is 19.0 Å². The second kappa shape index (κ2) is 10.0. The van der Waals surface area contributed by atoms with Crippen molar-refractivity contribution in [2.24, 2.45) is 0 Å². The Hall–Kier alpha value is -1.10. The molecule has 0 aromatic heterocycles. The number of carbonyl (C=O) groups is 2. The fraction of sp³-hybridized carbons (Fsp3) is 0.846. The lowest BCUT2D eigenvalue weighted by Crippen LogP contribution is -2.37. The largest absolute Gasteiger partial charge is 0.480 e. The lowest BCUT2D eigenvalue weighted by molar-refractivity contribution is -0.282. The van der Waals surface area contributed by atoms with Crippen LogP contribution in [0.2, 0.25) is 0 Å². The number of nitrogens with one attached hydrogen (secondary N) is 1. The number of alkyl halides is 5. The fourth-order valence-electron chi connectivity index (χ4n) is 1.55. The maximum absolute atomic E-state index is 12.7.